The van der Waals surface area contributed by atoms with Gasteiger partial charge in [0.1, 0.15) is 0 Å². The Balaban J connectivity index is 2.89. The summed E-state index contributed by atoms with van der Waals surface area (Å²) < 4.78 is 5.62. The minimum Gasteiger partial charge on any atom is -0.381 e. The van der Waals surface area contributed by atoms with Crippen LogP contribution in [0.4, 0.5) is 0 Å². The molecule has 0 aliphatic rings. The summed E-state index contributed by atoms with van der Waals surface area (Å²) in [7, 11) is 0. The molecular formula is C17H32O. The van der Waals surface area contributed by atoms with Crippen molar-refractivity contribution >= 4 is 0 Å². The van der Waals surface area contributed by atoms with Crippen LogP contribution < -0.4 is 0 Å². The van der Waals surface area contributed by atoms with Gasteiger partial charge in [-0.2, -0.15) is 0 Å². The van der Waals surface area contributed by atoms with Gasteiger partial charge >= 0.3 is 0 Å². The second kappa shape index (κ2) is 16.5. The molecule has 0 rings (SSSR count). The molecule has 0 aliphatic heterocycles. The van der Waals surface area contributed by atoms with E-state index in [0.29, 0.717) is 0 Å². The van der Waals surface area contributed by atoms with Crippen LogP contribution in [0.25, 0.3) is 0 Å². The maximum absolute atomic E-state index is 5.62. The van der Waals surface area contributed by atoms with Crippen molar-refractivity contribution in [3.63, 3.8) is 0 Å². The number of ether oxygens (including phenoxy) is 1. The lowest BCUT2D eigenvalue weighted by atomic mass is 10.1. The predicted molar refractivity (Wildman–Crippen MR) is 80.7 cm³/mol. The van der Waals surface area contributed by atoms with Crippen molar-refractivity contribution in [2.24, 2.45) is 0 Å². The lowest BCUT2D eigenvalue weighted by Crippen LogP contribution is -1.97. The molecule has 0 saturated carbocycles. The average molecular weight is 252 g/mol. The molecule has 0 N–H and O–H groups in total. The Labute approximate surface area is 115 Å². The minimum atomic E-state index is 0.950. The second-order valence-electron chi connectivity index (χ2n) is 5.10. The predicted octanol–water partition coefficient (Wildman–Crippen LogP) is 5.34. The zero-order chi connectivity index (χ0) is 13.3. The molecule has 18 heavy (non-hydrogen) atoms. The standard InChI is InChI=1S/C17H32O/c1-3-5-7-9-10-11-12-13-15-17-18-16-14-8-6-4-2/h1H,4-17H2,2H3. The number of hydrogen-bond donors (Lipinski definition) is 0. The molecule has 0 aromatic rings. The van der Waals surface area contributed by atoms with Gasteiger partial charge in [-0.1, -0.05) is 58.3 Å². The van der Waals surface area contributed by atoms with Crippen molar-refractivity contribution in [3.8, 4) is 12.3 Å². The quantitative estimate of drug-likeness (QED) is 0.299. The van der Waals surface area contributed by atoms with Crippen LogP contribution in [-0.4, -0.2) is 13.2 Å². The Bertz CT molecular complexity index is 181. The van der Waals surface area contributed by atoms with Gasteiger partial charge in [-0.05, 0) is 19.3 Å². The van der Waals surface area contributed by atoms with Gasteiger partial charge in [-0.15, -0.1) is 12.3 Å². The van der Waals surface area contributed by atoms with Gasteiger partial charge in [0.05, 0.1) is 0 Å². The summed E-state index contributed by atoms with van der Waals surface area (Å²) in [5.41, 5.74) is 0. The van der Waals surface area contributed by atoms with E-state index in [0.717, 1.165) is 19.6 Å². The Hall–Kier alpha value is -0.480. The molecule has 0 aromatic carbocycles. The van der Waals surface area contributed by atoms with Crippen molar-refractivity contribution < 1.29 is 4.74 Å². The lowest BCUT2D eigenvalue weighted by molar-refractivity contribution is 0.125. The largest absolute Gasteiger partial charge is 0.381 e. The molecule has 0 spiro atoms. The van der Waals surface area contributed by atoms with Crippen molar-refractivity contribution in [2.45, 2.75) is 84.0 Å². The van der Waals surface area contributed by atoms with E-state index in [-0.39, 0.29) is 0 Å². The first-order chi connectivity index (χ1) is 8.91. The van der Waals surface area contributed by atoms with Crippen LogP contribution in [0.5, 0.6) is 0 Å². The fourth-order valence-electron chi connectivity index (χ4n) is 2.05. The van der Waals surface area contributed by atoms with Crippen LogP contribution in [0.15, 0.2) is 0 Å². The first-order valence-corrected chi connectivity index (χ1v) is 7.93. The molecule has 1 heteroatoms. The highest BCUT2D eigenvalue weighted by Gasteiger charge is 1.93. The maximum Gasteiger partial charge on any atom is 0.0466 e. The van der Waals surface area contributed by atoms with E-state index in [1.807, 2.05) is 0 Å². The van der Waals surface area contributed by atoms with E-state index in [9.17, 15) is 0 Å². The third-order valence-corrected chi connectivity index (χ3v) is 3.25. The molecule has 0 saturated heterocycles. The first-order valence-electron chi connectivity index (χ1n) is 7.93. The highest BCUT2D eigenvalue weighted by molar-refractivity contribution is 4.82. The van der Waals surface area contributed by atoms with Gasteiger partial charge in [-0.3, -0.25) is 0 Å². The van der Waals surface area contributed by atoms with Crippen LogP contribution in [-0.2, 0) is 4.74 Å². The molecule has 0 atom stereocenters. The normalized spacial score (nSPS) is 10.4. The molecule has 0 unspecified atom stereocenters. The van der Waals surface area contributed by atoms with Gasteiger partial charge in [-0.25, -0.2) is 0 Å². The SMILES string of the molecule is C#CCCCCCCCCCOCCCCCC. The lowest BCUT2D eigenvalue weighted by Gasteiger charge is -2.04. The average Bonchev–Trinajstić information content (AvgIpc) is 2.39. The van der Waals surface area contributed by atoms with Crippen molar-refractivity contribution in [3.05, 3.63) is 0 Å². The van der Waals surface area contributed by atoms with Gasteiger partial charge in [0.15, 0.2) is 0 Å². The van der Waals surface area contributed by atoms with Gasteiger partial charge < -0.3 is 4.74 Å². The van der Waals surface area contributed by atoms with Crippen molar-refractivity contribution in [2.75, 3.05) is 13.2 Å². The molecule has 0 radical (unpaired) electrons. The Kier molecular flexibility index (Phi) is 16.1. The molecule has 1 nitrogen and oxygen atoms in total. The van der Waals surface area contributed by atoms with Gasteiger partial charge in [0.25, 0.3) is 0 Å². The molecule has 0 bridgehead atoms. The minimum absolute atomic E-state index is 0.950. The molecule has 0 heterocycles. The number of terminal acetylenes is 1. The number of unbranched alkanes of at least 4 members (excludes halogenated alkanes) is 10. The van der Waals surface area contributed by atoms with E-state index >= 15 is 0 Å². The highest BCUT2D eigenvalue weighted by atomic mass is 16.5. The van der Waals surface area contributed by atoms with E-state index in [1.165, 1.54) is 70.6 Å². The first kappa shape index (κ1) is 17.5. The third kappa shape index (κ3) is 15.5. The number of rotatable bonds is 14. The highest BCUT2D eigenvalue weighted by Crippen LogP contribution is 2.08. The smallest absolute Gasteiger partial charge is 0.0466 e. The topological polar surface area (TPSA) is 9.23 Å². The maximum atomic E-state index is 5.62. The second-order valence-corrected chi connectivity index (χ2v) is 5.10. The van der Waals surface area contributed by atoms with Crippen LogP contribution in [0, 0.1) is 12.3 Å². The van der Waals surface area contributed by atoms with E-state index in [2.05, 4.69) is 12.8 Å². The molecule has 0 aliphatic carbocycles. The zero-order valence-corrected chi connectivity index (χ0v) is 12.4. The molecule has 0 amide bonds. The summed E-state index contributed by atoms with van der Waals surface area (Å²) in [6.07, 6.45) is 20.5. The van der Waals surface area contributed by atoms with Crippen molar-refractivity contribution in [1.29, 1.82) is 0 Å². The molecule has 106 valence electrons. The van der Waals surface area contributed by atoms with E-state index in [4.69, 9.17) is 11.2 Å². The Morgan fingerprint density at radius 1 is 0.722 bits per heavy atom. The molecular weight excluding hydrogens is 220 g/mol. The van der Waals surface area contributed by atoms with Gasteiger partial charge in [0.2, 0.25) is 0 Å². The summed E-state index contributed by atoms with van der Waals surface area (Å²) in [5, 5.41) is 0. The molecule has 0 aromatic heterocycles. The Morgan fingerprint density at radius 2 is 1.22 bits per heavy atom. The summed E-state index contributed by atoms with van der Waals surface area (Å²) in [5.74, 6) is 2.69. The van der Waals surface area contributed by atoms with E-state index < -0.39 is 0 Å². The van der Waals surface area contributed by atoms with Crippen LogP contribution >= 0.6 is 0 Å². The van der Waals surface area contributed by atoms with Crippen molar-refractivity contribution in [1.82, 2.24) is 0 Å². The van der Waals surface area contributed by atoms with Crippen LogP contribution in [0.3, 0.4) is 0 Å². The summed E-state index contributed by atoms with van der Waals surface area (Å²) in [6, 6.07) is 0. The van der Waals surface area contributed by atoms with Crippen LogP contribution in [0.2, 0.25) is 0 Å². The summed E-state index contributed by atoms with van der Waals surface area (Å²) in [4.78, 5) is 0. The molecule has 0 fully saturated rings. The summed E-state index contributed by atoms with van der Waals surface area (Å²) >= 11 is 0. The van der Waals surface area contributed by atoms with E-state index in [1.54, 1.807) is 0 Å². The Morgan fingerprint density at radius 3 is 1.78 bits per heavy atom. The fraction of sp³-hybridized carbons (Fsp3) is 0.882. The monoisotopic (exact) mass is 252 g/mol. The summed E-state index contributed by atoms with van der Waals surface area (Å²) in [6.45, 7) is 4.17. The number of hydrogen-bond acceptors (Lipinski definition) is 1. The zero-order valence-electron chi connectivity index (χ0n) is 12.4. The fourth-order valence-corrected chi connectivity index (χ4v) is 2.05. The van der Waals surface area contributed by atoms with Gasteiger partial charge in [0, 0.05) is 19.6 Å². The third-order valence-electron chi connectivity index (χ3n) is 3.25. The van der Waals surface area contributed by atoms with Crippen LogP contribution in [0.1, 0.15) is 84.0 Å².